The van der Waals surface area contributed by atoms with E-state index in [1.54, 1.807) is 66.7 Å². The molecule has 3 aromatic carbocycles. The van der Waals surface area contributed by atoms with E-state index in [0.717, 1.165) is 30.6 Å². The zero-order valence-corrected chi connectivity index (χ0v) is 26.7. The van der Waals surface area contributed by atoms with E-state index in [4.69, 9.17) is 13.9 Å². The van der Waals surface area contributed by atoms with Gasteiger partial charge in [-0.15, -0.1) is 10.2 Å². The number of aliphatic hydroxyl groups is 1. The molecule has 1 atom stereocenters. The van der Waals surface area contributed by atoms with Crippen molar-refractivity contribution in [3.05, 3.63) is 107 Å². The number of anilines is 1. The monoisotopic (exact) mass is 659 g/mol. The van der Waals surface area contributed by atoms with Crippen molar-refractivity contribution < 1.29 is 33.0 Å². The molecule has 5 aromatic rings. The minimum atomic E-state index is -1.04. The van der Waals surface area contributed by atoms with Gasteiger partial charge in [-0.2, -0.15) is 0 Å². The molecule has 0 saturated heterocycles. The second-order valence-electron chi connectivity index (χ2n) is 10.5. The average Bonchev–Trinajstić information content (AvgIpc) is 3.79. The van der Waals surface area contributed by atoms with Crippen molar-refractivity contribution in [2.24, 2.45) is 0 Å². The van der Waals surface area contributed by atoms with Crippen molar-refractivity contribution in [3.8, 4) is 11.5 Å². The predicted molar refractivity (Wildman–Crippen MR) is 174 cm³/mol. The van der Waals surface area contributed by atoms with Crippen LogP contribution in [0.25, 0.3) is 11.0 Å². The number of fused-ring (bicyclic) bond motifs is 1. The van der Waals surface area contributed by atoms with Gasteiger partial charge < -0.3 is 19.0 Å². The topological polar surface area (TPSA) is 115 Å². The molecule has 1 amide bonds. The van der Waals surface area contributed by atoms with Gasteiger partial charge in [0.25, 0.3) is 5.91 Å². The molecule has 0 fully saturated rings. The number of aliphatic hydroxyl groups excluding tert-OH is 1. The maximum Gasteiger partial charge on any atom is 0.296 e. The molecule has 1 unspecified atom stereocenters. The third kappa shape index (κ3) is 6.22. The molecule has 12 heteroatoms. The number of furan rings is 1. The van der Waals surface area contributed by atoms with E-state index in [0.29, 0.717) is 50.3 Å². The quantitative estimate of drug-likeness (QED) is 0.0580. The van der Waals surface area contributed by atoms with Crippen molar-refractivity contribution >= 4 is 50.9 Å². The third-order valence-electron chi connectivity index (χ3n) is 7.53. The number of Topliss-reactive ketones (excluding diaryl/α,β-unsaturated/α-hetero) is 1. The molecule has 9 nitrogen and oxygen atoms in total. The molecule has 0 aliphatic carbocycles. The lowest BCUT2D eigenvalue weighted by molar-refractivity contribution is -0.117. The Morgan fingerprint density at radius 2 is 1.89 bits per heavy atom. The number of carbonyl (C=O) groups is 2. The fraction of sp³-hybridized carbons (Fsp3) is 0.235. The first-order valence-corrected chi connectivity index (χ1v) is 16.5. The maximum atomic E-state index is 14.2. The van der Waals surface area contributed by atoms with Gasteiger partial charge in [0, 0.05) is 11.1 Å². The average molecular weight is 660 g/mol. The molecule has 3 heterocycles. The van der Waals surface area contributed by atoms with Crippen LogP contribution in [0, 0.1) is 5.82 Å². The Kier molecular flexibility index (Phi) is 9.36. The van der Waals surface area contributed by atoms with E-state index in [1.165, 1.54) is 29.8 Å². The van der Waals surface area contributed by atoms with Crippen LogP contribution in [0.2, 0.25) is 0 Å². The summed E-state index contributed by atoms with van der Waals surface area (Å²) in [7, 11) is 1.50. The molecule has 236 valence electrons. The number of hydrogen-bond acceptors (Lipinski definition) is 10. The molecule has 0 bridgehead atoms. The molecule has 1 aliphatic heterocycles. The third-order valence-corrected chi connectivity index (χ3v) is 9.63. The van der Waals surface area contributed by atoms with E-state index in [-0.39, 0.29) is 22.3 Å². The van der Waals surface area contributed by atoms with Crippen molar-refractivity contribution in [3.63, 3.8) is 0 Å². The number of unbranched alkanes of at least 4 members (excludes halogenated alkanes) is 2. The zero-order chi connectivity index (χ0) is 32.2. The van der Waals surface area contributed by atoms with E-state index in [9.17, 15) is 19.1 Å². The van der Waals surface area contributed by atoms with Crippen molar-refractivity contribution in [2.75, 3.05) is 18.6 Å². The van der Waals surface area contributed by atoms with Gasteiger partial charge in [-0.25, -0.2) is 4.39 Å². The Morgan fingerprint density at radius 3 is 2.65 bits per heavy atom. The highest BCUT2D eigenvalue weighted by Gasteiger charge is 2.47. The number of methoxy groups -OCH3 is 1. The number of nitrogens with zero attached hydrogens (tertiary/aromatic N) is 3. The standard InChI is InChI=1S/C34H30FN3O6S2/c1-3-4-7-17-43-23-15-13-20(14-16-23)28-27(29(39)26-18-21-10-8-12-25(42-2)31(21)44-26)30(40)32(41)38(28)33-36-37-34(46-33)45-19-22-9-5-6-11-24(22)35/h5-6,8-16,18,28,40H,3-4,7,17,19H2,1-2H3. The highest BCUT2D eigenvalue weighted by atomic mass is 32.2. The number of thioether (sulfide) groups is 1. The number of ketones is 1. The number of rotatable bonds is 13. The Hall–Kier alpha value is -4.68. The van der Waals surface area contributed by atoms with Crippen molar-refractivity contribution in [1.82, 2.24) is 10.2 Å². The van der Waals surface area contributed by atoms with Crippen molar-refractivity contribution in [2.45, 2.75) is 42.3 Å². The summed E-state index contributed by atoms with van der Waals surface area (Å²) >= 11 is 2.38. The summed E-state index contributed by atoms with van der Waals surface area (Å²) in [6.45, 7) is 2.69. The minimum absolute atomic E-state index is 0.0602. The van der Waals surface area contributed by atoms with Crippen LogP contribution in [-0.4, -0.2) is 40.7 Å². The summed E-state index contributed by atoms with van der Waals surface area (Å²) in [5.41, 5.74) is 1.27. The van der Waals surface area contributed by atoms with E-state index in [1.807, 2.05) is 0 Å². The van der Waals surface area contributed by atoms with Gasteiger partial charge >= 0.3 is 0 Å². The van der Waals surface area contributed by atoms with Gasteiger partial charge in [0.2, 0.25) is 10.9 Å². The first-order chi connectivity index (χ1) is 22.4. The summed E-state index contributed by atoms with van der Waals surface area (Å²) < 4.78 is 31.8. The maximum absolute atomic E-state index is 14.2. The Labute approximate surface area is 272 Å². The summed E-state index contributed by atoms with van der Waals surface area (Å²) in [5.74, 6) is -1.16. The second kappa shape index (κ2) is 13.8. The fourth-order valence-corrected chi connectivity index (χ4v) is 7.05. The van der Waals surface area contributed by atoms with Crippen molar-refractivity contribution in [1.29, 1.82) is 0 Å². The number of ether oxygens (including phenoxy) is 2. The molecule has 1 aliphatic rings. The predicted octanol–water partition coefficient (Wildman–Crippen LogP) is 8.08. The molecule has 2 aromatic heterocycles. The SMILES string of the molecule is CCCCCOc1ccc(C2C(C(=O)c3cc4cccc(OC)c4o3)=C(O)C(=O)N2c2nnc(SCc3ccccc3F)s2)cc1. The van der Waals surface area contributed by atoms with Crippen LogP contribution in [0.1, 0.15) is 53.9 Å². The van der Waals surface area contributed by atoms with Gasteiger partial charge in [-0.1, -0.05) is 85.3 Å². The highest BCUT2D eigenvalue weighted by molar-refractivity contribution is 8.00. The number of para-hydroxylation sites is 1. The second-order valence-corrected chi connectivity index (χ2v) is 12.7. The molecule has 46 heavy (non-hydrogen) atoms. The normalized spacial score (nSPS) is 14.8. The molecule has 1 N–H and O–H groups in total. The van der Waals surface area contributed by atoms with E-state index < -0.39 is 23.5 Å². The highest BCUT2D eigenvalue weighted by Crippen LogP contribution is 2.45. The lowest BCUT2D eigenvalue weighted by Crippen LogP contribution is -2.31. The summed E-state index contributed by atoms with van der Waals surface area (Å²) in [5, 5.41) is 20.5. The Balaban J connectivity index is 1.34. The fourth-order valence-electron chi connectivity index (χ4n) is 5.19. The van der Waals surface area contributed by atoms with E-state index in [2.05, 4.69) is 17.1 Å². The number of carbonyl (C=O) groups excluding carboxylic acids is 2. The minimum Gasteiger partial charge on any atom is -0.503 e. The number of halogens is 1. The lowest BCUT2D eigenvalue weighted by atomic mass is 9.95. The molecular formula is C34H30FN3O6S2. The smallest absolute Gasteiger partial charge is 0.296 e. The molecule has 0 radical (unpaired) electrons. The van der Waals surface area contributed by atoms with Crippen LogP contribution in [0.15, 0.2) is 92.9 Å². The van der Waals surface area contributed by atoms with Crippen LogP contribution in [0.4, 0.5) is 9.52 Å². The number of aromatic nitrogens is 2. The van der Waals surface area contributed by atoms with Crippen LogP contribution in [0.5, 0.6) is 11.5 Å². The Bertz CT molecular complexity index is 1920. The van der Waals surface area contributed by atoms with Gasteiger partial charge in [0.1, 0.15) is 11.6 Å². The molecule has 6 rings (SSSR count). The number of amides is 1. The van der Waals surface area contributed by atoms with Gasteiger partial charge in [0.15, 0.2) is 27.2 Å². The Morgan fingerprint density at radius 1 is 1.09 bits per heavy atom. The zero-order valence-electron chi connectivity index (χ0n) is 25.1. The van der Waals surface area contributed by atoms with E-state index >= 15 is 0 Å². The summed E-state index contributed by atoms with van der Waals surface area (Å²) in [6.07, 6.45) is 3.06. The van der Waals surface area contributed by atoms with Crippen LogP contribution < -0.4 is 14.4 Å². The molecule has 0 spiro atoms. The lowest BCUT2D eigenvalue weighted by Gasteiger charge is -2.24. The summed E-state index contributed by atoms with van der Waals surface area (Å²) in [6, 6.07) is 19.3. The summed E-state index contributed by atoms with van der Waals surface area (Å²) in [4.78, 5) is 29.0. The largest absolute Gasteiger partial charge is 0.503 e. The van der Waals surface area contributed by atoms with Gasteiger partial charge in [0.05, 0.1) is 25.3 Å². The van der Waals surface area contributed by atoms with Crippen LogP contribution in [-0.2, 0) is 10.5 Å². The van der Waals surface area contributed by atoms with Crippen LogP contribution in [0.3, 0.4) is 0 Å². The molecule has 0 saturated carbocycles. The van der Waals surface area contributed by atoms with Gasteiger partial charge in [-0.3, -0.25) is 14.5 Å². The molecular weight excluding hydrogens is 630 g/mol. The first-order valence-electron chi connectivity index (χ1n) is 14.7. The first kappa shape index (κ1) is 31.3. The number of benzene rings is 3. The van der Waals surface area contributed by atoms with Gasteiger partial charge in [-0.05, 0) is 47.9 Å². The van der Waals surface area contributed by atoms with Crippen LogP contribution >= 0.6 is 23.1 Å². The number of hydrogen-bond donors (Lipinski definition) is 1.